The van der Waals surface area contributed by atoms with Gasteiger partial charge in [-0.05, 0) is 63.4 Å². The third-order valence-electron chi connectivity index (χ3n) is 2.89. The molecule has 2 unspecified atom stereocenters. The van der Waals surface area contributed by atoms with Crippen molar-refractivity contribution < 1.29 is 0 Å². The molecule has 1 aliphatic rings. The zero-order chi connectivity index (χ0) is 12.4. The van der Waals surface area contributed by atoms with E-state index in [2.05, 4.69) is 42.5 Å². The van der Waals surface area contributed by atoms with Crippen molar-refractivity contribution in [2.24, 2.45) is 5.73 Å². The first-order valence-corrected chi connectivity index (χ1v) is 7.15. The van der Waals surface area contributed by atoms with Crippen LogP contribution in [0.4, 0.5) is 11.4 Å². The van der Waals surface area contributed by atoms with Crippen LogP contribution in [0, 0.1) is 0 Å². The number of nitrogen functional groups attached to an aromatic ring is 1. The Balaban J connectivity index is 2.08. The Kier molecular flexibility index (Phi) is 4.30. The van der Waals surface area contributed by atoms with E-state index in [1.54, 1.807) is 0 Å². The summed E-state index contributed by atoms with van der Waals surface area (Å²) in [6.07, 6.45) is 2.09. The molecule has 1 aromatic carbocycles. The van der Waals surface area contributed by atoms with Gasteiger partial charge in [0.05, 0.1) is 11.9 Å². The average Bonchev–Trinajstić information content (AvgIpc) is 2.26. The third kappa shape index (κ3) is 3.34. The van der Waals surface area contributed by atoms with E-state index in [9.17, 15) is 0 Å². The molecule has 0 aromatic heterocycles. The Bertz CT molecular complexity index is 387. The largest absolute Gasteiger partial charge is 0.397 e. The van der Waals surface area contributed by atoms with Gasteiger partial charge in [-0.3, -0.25) is 0 Å². The SMILES string of the molecule is Nc1c(Br)cc(NC2CCNC(N)C2)cc1Br. The van der Waals surface area contributed by atoms with Crippen molar-refractivity contribution in [1.29, 1.82) is 0 Å². The molecule has 0 radical (unpaired) electrons. The van der Waals surface area contributed by atoms with Gasteiger partial charge in [-0.25, -0.2) is 0 Å². The van der Waals surface area contributed by atoms with Crippen LogP contribution in [-0.2, 0) is 0 Å². The number of anilines is 2. The predicted octanol–water partition coefficient (Wildman–Crippen LogP) is 2.24. The highest BCUT2D eigenvalue weighted by atomic mass is 79.9. The first-order chi connectivity index (χ1) is 8.06. The summed E-state index contributed by atoms with van der Waals surface area (Å²) in [7, 11) is 0. The zero-order valence-electron chi connectivity index (χ0n) is 9.34. The van der Waals surface area contributed by atoms with Gasteiger partial charge in [-0.15, -0.1) is 0 Å². The molecular formula is C11H16Br2N4. The number of hydrogen-bond acceptors (Lipinski definition) is 4. The monoisotopic (exact) mass is 362 g/mol. The molecule has 17 heavy (non-hydrogen) atoms. The highest BCUT2D eigenvalue weighted by molar-refractivity contribution is 9.11. The van der Waals surface area contributed by atoms with Crippen LogP contribution < -0.4 is 22.1 Å². The summed E-state index contributed by atoms with van der Waals surface area (Å²) in [5.74, 6) is 0. The quantitative estimate of drug-likeness (QED) is 0.608. The van der Waals surface area contributed by atoms with E-state index in [1.807, 2.05) is 12.1 Å². The second-order valence-electron chi connectivity index (χ2n) is 4.28. The molecule has 0 saturated carbocycles. The van der Waals surface area contributed by atoms with Crippen molar-refractivity contribution in [3.63, 3.8) is 0 Å². The minimum absolute atomic E-state index is 0.0851. The number of piperidine rings is 1. The molecule has 2 atom stereocenters. The molecule has 1 heterocycles. The summed E-state index contributed by atoms with van der Waals surface area (Å²) in [4.78, 5) is 0. The highest BCUT2D eigenvalue weighted by Gasteiger charge is 2.18. The molecule has 1 fully saturated rings. The Hall–Kier alpha value is -0.300. The van der Waals surface area contributed by atoms with Crippen molar-refractivity contribution in [2.75, 3.05) is 17.6 Å². The molecule has 6 N–H and O–H groups in total. The van der Waals surface area contributed by atoms with Crippen LogP contribution >= 0.6 is 31.9 Å². The number of benzene rings is 1. The van der Waals surface area contributed by atoms with Gasteiger partial charge >= 0.3 is 0 Å². The van der Waals surface area contributed by atoms with Gasteiger partial charge in [0, 0.05) is 20.7 Å². The molecular weight excluding hydrogens is 348 g/mol. The van der Waals surface area contributed by atoms with Crippen LogP contribution in [0.25, 0.3) is 0 Å². The first-order valence-electron chi connectivity index (χ1n) is 5.56. The van der Waals surface area contributed by atoms with Crippen LogP contribution in [0.5, 0.6) is 0 Å². The zero-order valence-corrected chi connectivity index (χ0v) is 12.5. The van der Waals surface area contributed by atoms with E-state index >= 15 is 0 Å². The Morgan fingerprint density at radius 1 is 1.29 bits per heavy atom. The number of halogens is 2. The van der Waals surface area contributed by atoms with Gasteiger partial charge in [0.15, 0.2) is 0 Å². The van der Waals surface area contributed by atoms with E-state index in [0.717, 1.165) is 39.7 Å². The standard InChI is InChI=1S/C11H16Br2N4/c12-8-3-7(4-9(13)11(8)15)17-6-1-2-16-10(14)5-6/h3-4,6,10,16-17H,1-2,5,14-15H2. The Labute approximate surface area is 118 Å². The van der Waals surface area contributed by atoms with Gasteiger partial charge in [0.25, 0.3) is 0 Å². The average molecular weight is 364 g/mol. The van der Waals surface area contributed by atoms with E-state index in [0.29, 0.717) is 6.04 Å². The number of hydrogen-bond donors (Lipinski definition) is 4. The normalized spacial score (nSPS) is 24.6. The van der Waals surface area contributed by atoms with Crippen molar-refractivity contribution in [3.8, 4) is 0 Å². The summed E-state index contributed by atoms with van der Waals surface area (Å²) in [5.41, 5.74) is 13.5. The molecule has 1 aliphatic heterocycles. The van der Waals surface area contributed by atoms with Crippen molar-refractivity contribution in [2.45, 2.75) is 25.0 Å². The van der Waals surface area contributed by atoms with E-state index in [-0.39, 0.29) is 6.17 Å². The van der Waals surface area contributed by atoms with Crippen molar-refractivity contribution >= 4 is 43.2 Å². The highest BCUT2D eigenvalue weighted by Crippen LogP contribution is 2.32. The molecule has 6 heteroatoms. The lowest BCUT2D eigenvalue weighted by atomic mass is 10.0. The molecule has 0 bridgehead atoms. The predicted molar refractivity (Wildman–Crippen MR) is 78.9 cm³/mol. The minimum Gasteiger partial charge on any atom is -0.397 e. The summed E-state index contributed by atoms with van der Waals surface area (Å²) >= 11 is 6.88. The van der Waals surface area contributed by atoms with Gasteiger partial charge in [0.1, 0.15) is 0 Å². The molecule has 1 aromatic rings. The molecule has 2 rings (SSSR count). The van der Waals surface area contributed by atoms with Crippen LogP contribution in [0.15, 0.2) is 21.1 Å². The van der Waals surface area contributed by atoms with Crippen LogP contribution in [0.1, 0.15) is 12.8 Å². The Morgan fingerprint density at radius 3 is 2.53 bits per heavy atom. The Morgan fingerprint density at radius 2 is 1.94 bits per heavy atom. The fourth-order valence-electron chi connectivity index (χ4n) is 1.99. The number of rotatable bonds is 2. The maximum Gasteiger partial charge on any atom is 0.0604 e. The summed E-state index contributed by atoms with van der Waals surface area (Å²) < 4.78 is 1.79. The van der Waals surface area contributed by atoms with Crippen LogP contribution in [-0.4, -0.2) is 18.8 Å². The van der Waals surface area contributed by atoms with E-state index in [1.165, 1.54) is 0 Å². The molecule has 0 amide bonds. The maximum absolute atomic E-state index is 5.87. The second kappa shape index (κ2) is 5.56. The topological polar surface area (TPSA) is 76.1 Å². The van der Waals surface area contributed by atoms with Gasteiger partial charge in [-0.1, -0.05) is 0 Å². The van der Waals surface area contributed by atoms with Crippen molar-refractivity contribution in [1.82, 2.24) is 5.32 Å². The molecule has 1 saturated heterocycles. The first kappa shape index (κ1) is 13.1. The van der Waals surface area contributed by atoms with E-state index in [4.69, 9.17) is 11.5 Å². The lowest BCUT2D eigenvalue weighted by Crippen LogP contribution is -2.48. The second-order valence-corrected chi connectivity index (χ2v) is 5.99. The van der Waals surface area contributed by atoms with Crippen LogP contribution in [0.3, 0.4) is 0 Å². The van der Waals surface area contributed by atoms with Gasteiger partial charge < -0.3 is 22.1 Å². The molecule has 0 spiro atoms. The lowest BCUT2D eigenvalue weighted by molar-refractivity contribution is 0.384. The van der Waals surface area contributed by atoms with Crippen LogP contribution in [0.2, 0.25) is 0 Å². The third-order valence-corrected chi connectivity index (χ3v) is 4.20. The van der Waals surface area contributed by atoms with Gasteiger partial charge in [-0.2, -0.15) is 0 Å². The summed E-state index contributed by atoms with van der Waals surface area (Å²) in [6.45, 7) is 0.955. The fraction of sp³-hybridized carbons (Fsp3) is 0.455. The smallest absolute Gasteiger partial charge is 0.0604 e. The molecule has 94 valence electrons. The summed E-state index contributed by atoms with van der Waals surface area (Å²) in [5, 5.41) is 6.71. The van der Waals surface area contributed by atoms with Gasteiger partial charge in [0.2, 0.25) is 0 Å². The molecule has 4 nitrogen and oxygen atoms in total. The maximum atomic E-state index is 5.87. The minimum atomic E-state index is 0.0851. The van der Waals surface area contributed by atoms with Crippen molar-refractivity contribution in [3.05, 3.63) is 21.1 Å². The lowest BCUT2D eigenvalue weighted by Gasteiger charge is -2.29. The number of nitrogens with one attached hydrogen (secondary N) is 2. The number of nitrogens with two attached hydrogens (primary N) is 2. The fourth-order valence-corrected chi connectivity index (χ4v) is 3.17. The molecule has 0 aliphatic carbocycles. The summed E-state index contributed by atoms with van der Waals surface area (Å²) in [6, 6.07) is 4.40. The van der Waals surface area contributed by atoms with E-state index < -0.39 is 0 Å².